The molecule has 0 bridgehead atoms. The molecule has 0 spiro atoms. The largest absolute Gasteiger partial charge is 0.480 e. The van der Waals surface area contributed by atoms with Crippen LogP contribution in [0.15, 0.2) is 0 Å². The van der Waals surface area contributed by atoms with Crippen LogP contribution in [0, 0.1) is 0 Å². The molecule has 0 aromatic heterocycles. The minimum atomic E-state index is -3.29. The molecular formula is C11H20N2O6S. The van der Waals surface area contributed by atoms with Gasteiger partial charge in [0.15, 0.2) is 0 Å². The van der Waals surface area contributed by atoms with E-state index in [0.29, 0.717) is 13.0 Å². The molecule has 1 saturated heterocycles. The second-order valence-electron chi connectivity index (χ2n) is 5.43. The number of nitrogens with zero attached hydrogens (tertiary/aromatic N) is 1. The zero-order chi connectivity index (χ0) is 15.6. The van der Waals surface area contributed by atoms with Gasteiger partial charge in [0.05, 0.1) is 17.9 Å². The summed E-state index contributed by atoms with van der Waals surface area (Å²) >= 11 is 0. The Morgan fingerprint density at radius 3 is 2.45 bits per heavy atom. The van der Waals surface area contributed by atoms with E-state index < -0.39 is 33.5 Å². The average molecular weight is 308 g/mol. The number of urea groups is 1. The van der Waals surface area contributed by atoms with Crippen molar-refractivity contribution >= 4 is 21.8 Å². The van der Waals surface area contributed by atoms with Gasteiger partial charge in [-0.2, -0.15) is 0 Å². The second-order valence-corrected chi connectivity index (χ2v) is 7.69. The van der Waals surface area contributed by atoms with Crippen molar-refractivity contribution in [1.29, 1.82) is 0 Å². The van der Waals surface area contributed by atoms with Crippen molar-refractivity contribution in [3.05, 3.63) is 0 Å². The maximum atomic E-state index is 11.9. The minimum Gasteiger partial charge on any atom is -0.480 e. The molecule has 0 aliphatic carbocycles. The van der Waals surface area contributed by atoms with Crippen LogP contribution in [0.25, 0.3) is 0 Å². The summed E-state index contributed by atoms with van der Waals surface area (Å²) in [4.78, 5) is 24.2. The number of carboxylic acids is 1. The fourth-order valence-electron chi connectivity index (χ4n) is 1.95. The molecule has 2 amide bonds. The molecule has 0 radical (unpaired) electrons. The number of rotatable bonds is 5. The first-order chi connectivity index (χ1) is 9.00. The zero-order valence-corrected chi connectivity index (χ0v) is 12.3. The number of carboxylic acid groups (broad SMARTS) is 1. The summed E-state index contributed by atoms with van der Waals surface area (Å²) in [5.41, 5.74) is -0.969. The number of sulfone groups is 1. The Balaban J connectivity index is 2.58. The number of hydrogen-bond acceptors (Lipinski definition) is 5. The summed E-state index contributed by atoms with van der Waals surface area (Å²) in [6.45, 7) is 2.05. The summed E-state index contributed by atoms with van der Waals surface area (Å²) in [5, 5.41) is 21.0. The Bertz CT molecular complexity index is 487. The zero-order valence-electron chi connectivity index (χ0n) is 11.5. The van der Waals surface area contributed by atoms with E-state index in [1.165, 1.54) is 4.90 Å². The van der Waals surface area contributed by atoms with Gasteiger partial charge in [-0.05, 0) is 19.8 Å². The Hall–Kier alpha value is -1.35. The van der Waals surface area contributed by atoms with Gasteiger partial charge < -0.3 is 20.4 Å². The fourth-order valence-corrected chi connectivity index (χ4v) is 2.61. The Labute approximate surface area is 117 Å². The molecule has 2 unspecified atom stereocenters. The third-order valence-electron chi connectivity index (χ3n) is 3.11. The standard InChI is InChI=1S/C11H20N2O6S/c1-11(17)4-5-13(7-11)10(16)12-8(9(14)15)3-6-20(2,18)19/h8,17H,3-7H2,1-2H3,(H,12,16)(H,14,15). The number of β-amino-alcohol motifs (C(OH)–C–C–N with tert-alkyl or cyclic N) is 1. The van der Waals surface area contributed by atoms with Crippen molar-refractivity contribution in [2.24, 2.45) is 0 Å². The van der Waals surface area contributed by atoms with Gasteiger partial charge in [-0.1, -0.05) is 0 Å². The number of aliphatic hydroxyl groups is 1. The van der Waals surface area contributed by atoms with E-state index >= 15 is 0 Å². The van der Waals surface area contributed by atoms with Gasteiger partial charge in [0.2, 0.25) is 0 Å². The lowest BCUT2D eigenvalue weighted by Gasteiger charge is -2.22. The van der Waals surface area contributed by atoms with Crippen LogP contribution in [0.4, 0.5) is 4.79 Å². The molecular weight excluding hydrogens is 288 g/mol. The van der Waals surface area contributed by atoms with Crippen molar-refractivity contribution in [2.75, 3.05) is 25.1 Å². The van der Waals surface area contributed by atoms with Crippen LogP contribution in [0.5, 0.6) is 0 Å². The summed E-state index contributed by atoms with van der Waals surface area (Å²) in [6.07, 6.45) is 1.23. The molecule has 8 nitrogen and oxygen atoms in total. The van der Waals surface area contributed by atoms with Crippen molar-refractivity contribution in [3.8, 4) is 0 Å². The summed E-state index contributed by atoms with van der Waals surface area (Å²) < 4.78 is 22.1. The minimum absolute atomic E-state index is 0.122. The molecule has 1 heterocycles. The van der Waals surface area contributed by atoms with Crippen molar-refractivity contribution < 1.29 is 28.2 Å². The molecule has 3 N–H and O–H groups in total. The van der Waals surface area contributed by atoms with Gasteiger partial charge in [0.25, 0.3) is 0 Å². The SMILES string of the molecule is CC1(O)CCN(C(=O)NC(CCS(C)(=O)=O)C(=O)O)C1. The fraction of sp³-hybridized carbons (Fsp3) is 0.818. The molecule has 1 fully saturated rings. The molecule has 1 aliphatic rings. The topological polar surface area (TPSA) is 124 Å². The lowest BCUT2D eigenvalue weighted by Crippen LogP contribution is -2.48. The molecule has 116 valence electrons. The van der Waals surface area contributed by atoms with Crippen molar-refractivity contribution in [1.82, 2.24) is 10.2 Å². The molecule has 20 heavy (non-hydrogen) atoms. The Kier molecular flexibility index (Phi) is 4.98. The number of carbonyl (C=O) groups excluding carboxylic acids is 1. The van der Waals surface area contributed by atoms with Crippen molar-refractivity contribution in [2.45, 2.75) is 31.4 Å². The number of aliphatic carboxylic acids is 1. The quantitative estimate of drug-likeness (QED) is 0.601. The highest BCUT2D eigenvalue weighted by atomic mass is 32.2. The third-order valence-corrected chi connectivity index (χ3v) is 4.09. The smallest absolute Gasteiger partial charge is 0.326 e. The molecule has 2 atom stereocenters. The van der Waals surface area contributed by atoms with Crippen molar-refractivity contribution in [3.63, 3.8) is 0 Å². The predicted octanol–water partition coefficient (Wildman–Crippen LogP) is -0.959. The summed E-state index contributed by atoms with van der Waals surface area (Å²) in [7, 11) is -3.29. The molecule has 0 aromatic carbocycles. The van der Waals surface area contributed by atoms with Gasteiger partial charge in [-0.25, -0.2) is 18.0 Å². The number of nitrogens with one attached hydrogen (secondary N) is 1. The monoisotopic (exact) mass is 308 g/mol. The molecule has 9 heteroatoms. The van der Waals surface area contributed by atoms with Gasteiger partial charge in [0, 0.05) is 12.8 Å². The van der Waals surface area contributed by atoms with E-state index in [1.807, 2.05) is 0 Å². The Morgan fingerprint density at radius 2 is 2.05 bits per heavy atom. The maximum absolute atomic E-state index is 11.9. The normalized spacial score (nSPS) is 24.4. The van der Waals surface area contributed by atoms with E-state index in [4.69, 9.17) is 5.11 Å². The predicted molar refractivity (Wildman–Crippen MR) is 71.1 cm³/mol. The van der Waals surface area contributed by atoms with Gasteiger partial charge in [-0.15, -0.1) is 0 Å². The highest BCUT2D eigenvalue weighted by Gasteiger charge is 2.35. The first-order valence-corrected chi connectivity index (χ1v) is 8.24. The van der Waals surface area contributed by atoms with Crippen LogP contribution >= 0.6 is 0 Å². The lowest BCUT2D eigenvalue weighted by atomic mass is 10.1. The number of carbonyl (C=O) groups is 2. The van der Waals surface area contributed by atoms with E-state index in [1.54, 1.807) is 6.92 Å². The average Bonchev–Trinajstić information content (AvgIpc) is 2.63. The first kappa shape index (κ1) is 16.7. The second kappa shape index (κ2) is 5.96. The van der Waals surface area contributed by atoms with Gasteiger partial charge in [-0.3, -0.25) is 0 Å². The number of amides is 2. The molecule has 1 rings (SSSR count). The van der Waals surface area contributed by atoms with Crippen LogP contribution in [0.3, 0.4) is 0 Å². The number of hydrogen-bond donors (Lipinski definition) is 3. The van der Waals surface area contributed by atoms with Crippen LogP contribution in [0.1, 0.15) is 19.8 Å². The third kappa shape index (κ3) is 5.33. The van der Waals surface area contributed by atoms with Crippen LogP contribution in [-0.4, -0.2) is 72.3 Å². The summed E-state index contributed by atoms with van der Waals surface area (Å²) in [6, 6.07) is -1.87. The maximum Gasteiger partial charge on any atom is 0.326 e. The number of likely N-dealkylation sites (tertiary alicyclic amines) is 1. The van der Waals surface area contributed by atoms with E-state index in [9.17, 15) is 23.1 Å². The lowest BCUT2D eigenvalue weighted by molar-refractivity contribution is -0.139. The molecule has 1 aliphatic heterocycles. The van der Waals surface area contributed by atoms with E-state index in [0.717, 1.165) is 6.26 Å². The highest BCUT2D eigenvalue weighted by molar-refractivity contribution is 7.90. The van der Waals surface area contributed by atoms with E-state index in [2.05, 4.69) is 5.32 Å². The van der Waals surface area contributed by atoms with Gasteiger partial charge in [0.1, 0.15) is 15.9 Å². The molecule has 0 aromatic rings. The van der Waals surface area contributed by atoms with Crippen LogP contribution in [0.2, 0.25) is 0 Å². The van der Waals surface area contributed by atoms with Crippen LogP contribution in [-0.2, 0) is 14.6 Å². The highest BCUT2D eigenvalue weighted by Crippen LogP contribution is 2.20. The van der Waals surface area contributed by atoms with Gasteiger partial charge >= 0.3 is 12.0 Å². The van der Waals surface area contributed by atoms with E-state index in [-0.39, 0.29) is 18.7 Å². The molecule has 0 saturated carbocycles. The van der Waals surface area contributed by atoms with Crippen LogP contribution < -0.4 is 5.32 Å². The first-order valence-electron chi connectivity index (χ1n) is 6.18. The Morgan fingerprint density at radius 1 is 1.45 bits per heavy atom. The summed E-state index contributed by atoms with van der Waals surface area (Å²) in [5.74, 6) is -1.60.